The molecule has 0 radical (unpaired) electrons. The van der Waals surface area contributed by atoms with E-state index in [1.807, 2.05) is 11.8 Å². The highest BCUT2D eigenvalue weighted by Gasteiger charge is 2.19. The molecule has 104 valence electrons. The van der Waals surface area contributed by atoms with E-state index in [9.17, 15) is 0 Å². The third kappa shape index (κ3) is 2.51. The Kier molecular flexibility index (Phi) is 3.89. The second-order valence-electron chi connectivity index (χ2n) is 4.78. The monoisotopic (exact) mass is 286 g/mol. The minimum Gasteiger partial charge on any atom is -0.308 e. The summed E-state index contributed by atoms with van der Waals surface area (Å²) in [5, 5.41) is 0. The van der Waals surface area contributed by atoms with Gasteiger partial charge in [0.1, 0.15) is 5.82 Å². The highest BCUT2D eigenvalue weighted by atomic mass is 32.2. The Bertz CT molecular complexity index is 610. The van der Waals surface area contributed by atoms with Gasteiger partial charge in [-0.15, -0.1) is 11.8 Å². The summed E-state index contributed by atoms with van der Waals surface area (Å²) in [5.74, 6) is 8.20. The third-order valence-corrected chi connectivity index (χ3v) is 4.39. The van der Waals surface area contributed by atoms with Crippen LogP contribution in [0.15, 0.2) is 29.2 Å². The van der Waals surface area contributed by atoms with E-state index in [1.54, 1.807) is 0 Å². The van der Waals surface area contributed by atoms with Crippen molar-refractivity contribution in [3.05, 3.63) is 35.5 Å². The van der Waals surface area contributed by atoms with Crippen LogP contribution in [0.1, 0.15) is 24.6 Å². The van der Waals surface area contributed by atoms with Crippen LogP contribution in [0, 0.1) is 0 Å². The van der Waals surface area contributed by atoms with E-state index in [1.165, 1.54) is 10.5 Å². The predicted octanol–water partition coefficient (Wildman–Crippen LogP) is 3.03. The lowest BCUT2D eigenvalue weighted by Gasteiger charge is -2.09. The van der Waals surface area contributed by atoms with E-state index in [0.717, 1.165) is 47.9 Å². The van der Waals surface area contributed by atoms with Crippen molar-refractivity contribution in [2.24, 2.45) is 5.84 Å². The fourth-order valence-corrected chi connectivity index (χ4v) is 3.21. The average Bonchev–Trinajstić information content (AvgIpc) is 2.95. The number of hydrogen-bond donors (Lipinski definition) is 2. The van der Waals surface area contributed by atoms with E-state index in [-0.39, 0.29) is 0 Å². The van der Waals surface area contributed by atoms with Crippen LogP contribution >= 0.6 is 11.8 Å². The zero-order valence-electron chi connectivity index (χ0n) is 11.5. The van der Waals surface area contributed by atoms with Gasteiger partial charge in [0, 0.05) is 21.7 Å². The number of thioether (sulfide) groups is 1. The maximum Gasteiger partial charge on any atom is 0.161 e. The number of nitrogens with one attached hydrogen (secondary N) is 1. The van der Waals surface area contributed by atoms with E-state index < -0.39 is 0 Å². The van der Waals surface area contributed by atoms with Gasteiger partial charge in [0.25, 0.3) is 0 Å². The van der Waals surface area contributed by atoms with Crippen LogP contribution in [0.3, 0.4) is 0 Å². The number of nitrogen functional groups attached to an aromatic ring is 1. The van der Waals surface area contributed by atoms with Crippen LogP contribution in [0.4, 0.5) is 5.82 Å². The van der Waals surface area contributed by atoms with Gasteiger partial charge in [0.2, 0.25) is 0 Å². The molecule has 5 heteroatoms. The van der Waals surface area contributed by atoms with Crippen LogP contribution in [-0.2, 0) is 12.8 Å². The Labute approximate surface area is 123 Å². The quantitative estimate of drug-likeness (QED) is 0.514. The molecule has 0 spiro atoms. The van der Waals surface area contributed by atoms with Crippen molar-refractivity contribution in [3.8, 4) is 11.4 Å². The Balaban J connectivity index is 1.97. The number of rotatable bonds is 4. The van der Waals surface area contributed by atoms with Crippen molar-refractivity contribution in [1.29, 1.82) is 0 Å². The lowest BCUT2D eigenvalue weighted by molar-refractivity contribution is 0.900. The van der Waals surface area contributed by atoms with Gasteiger partial charge in [-0.3, -0.25) is 0 Å². The molecule has 3 rings (SSSR count). The molecule has 1 aliphatic rings. The Morgan fingerprint density at radius 3 is 2.70 bits per heavy atom. The Hall–Kier alpha value is -1.59. The summed E-state index contributed by atoms with van der Waals surface area (Å²) in [7, 11) is 0. The number of hydrazine groups is 1. The molecule has 0 aliphatic heterocycles. The van der Waals surface area contributed by atoms with E-state index in [0.29, 0.717) is 0 Å². The summed E-state index contributed by atoms with van der Waals surface area (Å²) in [6, 6.07) is 8.40. The SMILES string of the molecule is CCSc1ccc(-c2nc3c(c(NN)n2)CCC3)cc1. The first kappa shape index (κ1) is 13.4. The van der Waals surface area contributed by atoms with Gasteiger partial charge >= 0.3 is 0 Å². The maximum atomic E-state index is 5.59. The summed E-state index contributed by atoms with van der Waals surface area (Å²) in [6.45, 7) is 2.15. The largest absolute Gasteiger partial charge is 0.308 e. The van der Waals surface area contributed by atoms with Crippen molar-refractivity contribution in [2.45, 2.75) is 31.1 Å². The van der Waals surface area contributed by atoms with Gasteiger partial charge in [-0.1, -0.05) is 19.1 Å². The molecule has 0 bridgehead atoms. The number of nitrogens with two attached hydrogens (primary N) is 1. The van der Waals surface area contributed by atoms with Crippen molar-refractivity contribution in [1.82, 2.24) is 9.97 Å². The van der Waals surface area contributed by atoms with Crippen molar-refractivity contribution in [3.63, 3.8) is 0 Å². The highest BCUT2D eigenvalue weighted by molar-refractivity contribution is 7.99. The minimum atomic E-state index is 0.756. The van der Waals surface area contributed by atoms with Crippen molar-refractivity contribution in [2.75, 3.05) is 11.2 Å². The molecular formula is C15H18N4S. The number of anilines is 1. The standard InChI is InChI=1S/C15H18N4S/c1-2-20-11-8-6-10(7-9-11)14-17-13-5-3-4-12(13)15(18-14)19-16/h6-9H,2-5,16H2,1H3,(H,17,18,19). The van der Waals surface area contributed by atoms with Crippen LogP contribution in [0.5, 0.6) is 0 Å². The van der Waals surface area contributed by atoms with Crippen LogP contribution in [-0.4, -0.2) is 15.7 Å². The molecular weight excluding hydrogens is 268 g/mol. The molecule has 1 heterocycles. The zero-order chi connectivity index (χ0) is 13.9. The number of benzene rings is 1. The smallest absolute Gasteiger partial charge is 0.161 e. The van der Waals surface area contributed by atoms with Gasteiger partial charge < -0.3 is 5.43 Å². The summed E-state index contributed by atoms with van der Waals surface area (Å²) < 4.78 is 0. The lowest BCUT2D eigenvalue weighted by Crippen LogP contribution is -2.12. The van der Waals surface area contributed by atoms with Crippen LogP contribution in [0.25, 0.3) is 11.4 Å². The van der Waals surface area contributed by atoms with Gasteiger partial charge in [-0.05, 0) is 37.1 Å². The molecule has 2 aromatic rings. The van der Waals surface area contributed by atoms with E-state index in [2.05, 4.69) is 41.6 Å². The third-order valence-electron chi connectivity index (χ3n) is 3.49. The lowest BCUT2D eigenvalue weighted by atomic mass is 10.2. The second kappa shape index (κ2) is 5.81. The maximum absolute atomic E-state index is 5.59. The van der Waals surface area contributed by atoms with Crippen LogP contribution < -0.4 is 11.3 Å². The molecule has 20 heavy (non-hydrogen) atoms. The summed E-state index contributed by atoms with van der Waals surface area (Å²) in [5.41, 5.74) is 6.06. The summed E-state index contributed by atoms with van der Waals surface area (Å²) in [4.78, 5) is 10.5. The van der Waals surface area contributed by atoms with Crippen LogP contribution in [0.2, 0.25) is 0 Å². The minimum absolute atomic E-state index is 0.756. The Morgan fingerprint density at radius 1 is 1.20 bits per heavy atom. The van der Waals surface area contributed by atoms with Gasteiger partial charge in [-0.2, -0.15) is 0 Å². The zero-order valence-corrected chi connectivity index (χ0v) is 12.3. The fraction of sp³-hybridized carbons (Fsp3) is 0.333. The van der Waals surface area contributed by atoms with Gasteiger partial charge in [-0.25, -0.2) is 15.8 Å². The molecule has 1 aliphatic carbocycles. The van der Waals surface area contributed by atoms with Crippen molar-refractivity contribution < 1.29 is 0 Å². The average molecular weight is 286 g/mol. The van der Waals surface area contributed by atoms with E-state index >= 15 is 0 Å². The molecule has 4 nitrogen and oxygen atoms in total. The van der Waals surface area contributed by atoms with Gasteiger partial charge in [0.05, 0.1) is 0 Å². The fourth-order valence-electron chi connectivity index (χ4n) is 2.55. The molecule has 3 N–H and O–H groups in total. The molecule has 0 unspecified atom stereocenters. The summed E-state index contributed by atoms with van der Waals surface area (Å²) in [6.07, 6.45) is 3.17. The normalized spacial score (nSPS) is 13.3. The summed E-state index contributed by atoms with van der Waals surface area (Å²) >= 11 is 1.83. The number of hydrogen-bond acceptors (Lipinski definition) is 5. The van der Waals surface area contributed by atoms with Gasteiger partial charge in [0.15, 0.2) is 5.82 Å². The Morgan fingerprint density at radius 2 is 2.00 bits per heavy atom. The molecule has 0 amide bonds. The topological polar surface area (TPSA) is 63.8 Å². The van der Waals surface area contributed by atoms with Crippen molar-refractivity contribution >= 4 is 17.6 Å². The molecule has 0 saturated heterocycles. The number of nitrogens with zero attached hydrogens (tertiary/aromatic N) is 2. The first-order chi connectivity index (χ1) is 9.81. The number of fused-ring (bicyclic) bond motifs is 1. The molecule has 1 aromatic carbocycles. The number of aryl methyl sites for hydroxylation is 1. The predicted molar refractivity (Wildman–Crippen MR) is 83.7 cm³/mol. The molecule has 0 fully saturated rings. The van der Waals surface area contributed by atoms with E-state index in [4.69, 9.17) is 10.8 Å². The first-order valence-corrected chi connectivity index (χ1v) is 7.90. The highest BCUT2D eigenvalue weighted by Crippen LogP contribution is 2.29. The molecule has 0 atom stereocenters. The first-order valence-electron chi connectivity index (χ1n) is 6.91. The molecule has 1 aromatic heterocycles. The number of aromatic nitrogens is 2. The second-order valence-corrected chi connectivity index (χ2v) is 6.11. The molecule has 0 saturated carbocycles.